The molecule has 0 aliphatic carbocycles. The maximum absolute atomic E-state index is 11.8. The lowest BCUT2D eigenvalue weighted by molar-refractivity contribution is -0.134. The van der Waals surface area contributed by atoms with E-state index in [0.717, 1.165) is 17.5 Å². The van der Waals surface area contributed by atoms with Gasteiger partial charge >= 0.3 is 0 Å². The molecule has 0 spiro atoms. The zero-order chi connectivity index (χ0) is 13.9. The van der Waals surface area contributed by atoms with Crippen molar-refractivity contribution in [3.05, 3.63) is 34.9 Å². The van der Waals surface area contributed by atoms with Crippen molar-refractivity contribution in [1.29, 1.82) is 0 Å². The van der Waals surface area contributed by atoms with E-state index in [9.17, 15) is 9.59 Å². The zero-order valence-electron chi connectivity index (χ0n) is 11.1. The number of nitrogens with two attached hydrogens (primary N) is 2. The number of aryl methyl sites for hydroxylation is 2. The summed E-state index contributed by atoms with van der Waals surface area (Å²) in [6, 6.07) is 5.61. The van der Waals surface area contributed by atoms with Crippen molar-refractivity contribution < 1.29 is 9.59 Å². The summed E-state index contributed by atoms with van der Waals surface area (Å²) in [5.41, 5.74) is 12.1. The molecule has 0 fully saturated rings. The summed E-state index contributed by atoms with van der Waals surface area (Å²) in [4.78, 5) is 23.5. The van der Waals surface area contributed by atoms with Crippen LogP contribution >= 0.6 is 0 Å². The van der Waals surface area contributed by atoms with Crippen LogP contribution in [0.5, 0.6) is 0 Å². The first-order valence-electron chi connectivity index (χ1n) is 6.09. The number of amides is 2. The quantitative estimate of drug-likeness (QED) is 0.766. The molecule has 4 heteroatoms. The Morgan fingerprint density at radius 1 is 1.17 bits per heavy atom. The van der Waals surface area contributed by atoms with Crippen molar-refractivity contribution in [1.82, 2.24) is 0 Å². The molecule has 4 N–H and O–H groups in total. The van der Waals surface area contributed by atoms with Gasteiger partial charge in [-0.3, -0.25) is 9.59 Å². The minimum absolute atomic E-state index is 0.272. The third-order valence-electron chi connectivity index (χ3n) is 3.47. The number of primary amides is 2. The van der Waals surface area contributed by atoms with Crippen LogP contribution < -0.4 is 11.5 Å². The van der Waals surface area contributed by atoms with E-state index in [0.29, 0.717) is 5.56 Å². The molecule has 0 unspecified atom stereocenters. The number of hydrogen-bond acceptors (Lipinski definition) is 2. The van der Waals surface area contributed by atoms with Crippen LogP contribution in [0.1, 0.15) is 37.0 Å². The second kappa shape index (κ2) is 5.21. The summed E-state index contributed by atoms with van der Waals surface area (Å²) in [6.45, 7) is 5.68. The van der Waals surface area contributed by atoms with Crippen molar-refractivity contribution in [2.75, 3.05) is 0 Å². The average Bonchev–Trinajstić information content (AvgIpc) is 2.31. The fourth-order valence-corrected chi connectivity index (χ4v) is 2.36. The molecule has 0 heterocycles. The maximum atomic E-state index is 11.8. The fourth-order valence-electron chi connectivity index (χ4n) is 2.36. The van der Waals surface area contributed by atoms with E-state index < -0.39 is 17.2 Å². The maximum Gasteiger partial charge on any atom is 0.237 e. The highest BCUT2D eigenvalue weighted by Crippen LogP contribution is 2.31. The summed E-state index contributed by atoms with van der Waals surface area (Å²) in [5.74, 6) is -1.37. The van der Waals surface area contributed by atoms with Crippen molar-refractivity contribution in [2.45, 2.75) is 39.0 Å². The fraction of sp³-hybridized carbons (Fsp3) is 0.429. The number of carbonyl (C=O) groups is 2. The molecule has 0 aromatic heterocycles. The monoisotopic (exact) mass is 248 g/mol. The third kappa shape index (κ3) is 2.10. The Morgan fingerprint density at radius 2 is 1.72 bits per heavy atom. The molecule has 0 atom stereocenters. The Balaban J connectivity index is 3.57. The van der Waals surface area contributed by atoms with Crippen LogP contribution in [-0.4, -0.2) is 11.8 Å². The van der Waals surface area contributed by atoms with Gasteiger partial charge in [0.05, 0.1) is 0 Å². The molecule has 1 rings (SSSR count). The predicted molar refractivity (Wildman–Crippen MR) is 70.9 cm³/mol. The Kier molecular flexibility index (Phi) is 4.11. The number of carbonyl (C=O) groups excluding carboxylic acids is 2. The minimum atomic E-state index is -1.40. The van der Waals surface area contributed by atoms with Gasteiger partial charge in [-0.15, -0.1) is 0 Å². The molecular weight excluding hydrogens is 228 g/mol. The van der Waals surface area contributed by atoms with E-state index in [-0.39, 0.29) is 6.42 Å². The number of benzene rings is 1. The smallest absolute Gasteiger partial charge is 0.237 e. The molecule has 2 amide bonds. The molecule has 0 bridgehead atoms. The lowest BCUT2D eigenvalue weighted by atomic mass is 9.74. The second-order valence-electron chi connectivity index (χ2n) is 4.50. The van der Waals surface area contributed by atoms with Crippen LogP contribution in [0.2, 0.25) is 0 Å². The van der Waals surface area contributed by atoms with E-state index in [2.05, 4.69) is 0 Å². The van der Waals surface area contributed by atoms with Gasteiger partial charge in [0, 0.05) is 0 Å². The Morgan fingerprint density at radius 3 is 2.11 bits per heavy atom. The van der Waals surface area contributed by atoms with Gasteiger partial charge in [-0.25, -0.2) is 0 Å². The SMILES string of the molecule is CCc1cc(C)ccc1C(CC)(C(N)=O)C(N)=O. The molecule has 4 nitrogen and oxygen atoms in total. The molecule has 0 saturated heterocycles. The Hall–Kier alpha value is -1.84. The highest BCUT2D eigenvalue weighted by Gasteiger charge is 2.44. The first-order chi connectivity index (χ1) is 8.40. The van der Waals surface area contributed by atoms with Crippen molar-refractivity contribution in [3.63, 3.8) is 0 Å². The number of rotatable bonds is 5. The van der Waals surface area contributed by atoms with Gasteiger partial charge in [0.15, 0.2) is 5.41 Å². The minimum Gasteiger partial charge on any atom is -0.368 e. The van der Waals surface area contributed by atoms with E-state index in [1.165, 1.54) is 0 Å². The molecular formula is C14H20N2O2. The number of hydrogen-bond donors (Lipinski definition) is 2. The van der Waals surface area contributed by atoms with Crippen LogP contribution in [0.15, 0.2) is 18.2 Å². The van der Waals surface area contributed by atoms with Crippen LogP contribution in [0.3, 0.4) is 0 Å². The average molecular weight is 248 g/mol. The molecule has 1 aromatic carbocycles. The van der Waals surface area contributed by atoms with Crippen LogP contribution in [-0.2, 0) is 21.4 Å². The van der Waals surface area contributed by atoms with Crippen molar-refractivity contribution in [2.24, 2.45) is 11.5 Å². The molecule has 0 aliphatic rings. The summed E-state index contributed by atoms with van der Waals surface area (Å²) >= 11 is 0. The van der Waals surface area contributed by atoms with E-state index in [4.69, 9.17) is 11.5 Å². The normalized spacial score (nSPS) is 11.3. The van der Waals surface area contributed by atoms with Crippen LogP contribution in [0.25, 0.3) is 0 Å². The summed E-state index contributed by atoms with van der Waals surface area (Å²) < 4.78 is 0. The lowest BCUT2D eigenvalue weighted by Crippen LogP contribution is -2.51. The first kappa shape index (κ1) is 14.2. The molecule has 0 radical (unpaired) electrons. The second-order valence-corrected chi connectivity index (χ2v) is 4.50. The van der Waals surface area contributed by atoms with Gasteiger partial charge in [-0.1, -0.05) is 37.6 Å². The van der Waals surface area contributed by atoms with Gasteiger partial charge in [-0.2, -0.15) is 0 Å². The molecule has 1 aromatic rings. The van der Waals surface area contributed by atoms with Gasteiger partial charge < -0.3 is 11.5 Å². The van der Waals surface area contributed by atoms with E-state index >= 15 is 0 Å². The third-order valence-corrected chi connectivity index (χ3v) is 3.47. The standard InChI is InChI=1S/C14H20N2O2/c1-4-10-8-9(3)6-7-11(10)14(5-2,12(15)17)13(16)18/h6-8H,4-5H2,1-3H3,(H2,15,17)(H2,16,18). The molecule has 0 saturated carbocycles. The summed E-state index contributed by atoms with van der Waals surface area (Å²) in [6.07, 6.45) is 0.993. The van der Waals surface area contributed by atoms with E-state index in [1.807, 2.05) is 26.0 Å². The van der Waals surface area contributed by atoms with Gasteiger partial charge in [0.2, 0.25) is 11.8 Å². The molecule has 98 valence electrons. The summed E-state index contributed by atoms with van der Waals surface area (Å²) in [5, 5.41) is 0. The highest BCUT2D eigenvalue weighted by molar-refractivity contribution is 6.09. The van der Waals surface area contributed by atoms with Crippen LogP contribution in [0.4, 0.5) is 0 Å². The topological polar surface area (TPSA) is 86.2 Å². The van der Waals surface area contributed by atoms with E-state index in [1.54, 1.807) is 13.0 Å². The van der Waals surface area contributed by atoms with Crippen LogP contribution in [0, 0.1) is 6.92 Å². The Labute approximate surface area is 107 Å². The largest absolute Gasteiger partial charge is 0.368 e. The lowest BCUT2D eigenvalue weighted by Gasteiger charge is -2.28. The summed E-state index contributed by atoms with van der Waals surface area (Å²) in [7, 11) is 0. The zero-order valence-corrected chi connectivity index (χ0v) is 11.1. The molecule has 0 aliphatic heterocycles. The van der Waals surface area contributed by atoms with Gasteiger partial charge in [0.1, 0.15) is 0 Å². The van der Waals surface area contributed by atoms with Gasteiger partial charge in [-0.05, 0) is 30.9 Å². The van der Waals surface area contributed by atoms with Crippen molar-refractivity contribution >= 4 is 11.8 Å². The van der Waals surface area contributed by atoms with Crippen molar-refractivity contribution in [3.8, 4) is 0 Å². The highest BCUT2D eigenvalue weighted by atomic mass is 16.2. The first-order valence-corrected chi connectivity index (χ1v) is 6.09. The van der Waals surface area contributed by atoms with Gasteiger partial charge in [0.25, 0.3) is 0 Å². The predicted octanol–water partition coefficient (Wildman–Crippen LogP) is 1.18. The Bertz CT molecular complexity index is 467. The molecule has 18 heavy (non-hydrogen) atoms.